The Morgan fingerprint density at radius 1 is 1.19 bits per heavy atom. The molecule has 2 aromatic heterocycles. The van der Waals surface area contributed by atoms with Crippen LogP contribution in [-0.4, -0.2) is 27.8 Å². The largest absolute Gasteiger partial charge is 0.463 e. The molecule has 0 amide bonds. The lowest BCUT2D eigenvalue weighted by Gasteiger charge is -2.09. The van der Waals surface area contributed by atoms with E-state index in [0.29, 0.717) is 30.7 Å². The van der Waals surface area contributed by atoms with Gasteiger partial charge in [-0.25, -0.2) is 4.98 Å². The van der Waals surface area contributed by atoms with Crippen LogP contribution in [0.5, 0.6) is 6.01 Å². The first kappa shape index (κ1) is 18.2. The maximum atomic E-state index is 9.38. The summed E-state index contributed by atoms with van der Waals surface area (Å²) in [7, 11) is 0. The number of ether oxygens (including phenoxy) is 1. The summed E-state index contributed by atoms with van der Waals surface area (Å²) in [4.78, 5) is 17.0. The van der Waals surface area contributed by atoms with Gasteiger partial charge in [0.05, 0.1) is 29.7 Å². The van der Waals surface area contributed by atoms with Crippen molar-refractivity contribution in [1.82, 2.24) is 15.0 Å². The third-order valence-electron chi connectivity index (χ3n) is 3.93. The zero-order chi connectivity index (χ0) is 18.9. The maximum Gasteiger partial charge on any atom is 0.316 e. The predicted molar refractivity (Wildman–Crippen MR) is 103 cm³/mol. The van der Waals surface area contributed by atoms with Crippen molar-refractivity contribution in [2.24, 2.45) is 4.99 Å². The first-order chi connectivity index (χ1) is 13.3. The summed E-state index contributed by atoms with van der Waals surface area (Å²) >= 11 is 0. The van der Waals surface area contributed by atoms with Gasteiger partial charge < -0.3 is 4.74 Å². The molecule has 0 N–H and O–H groups in total. The maximum absolute atomic E-state index is 9.38. The van der Waals surface area contributed by atoms with Crippen molar-refractivity contribution >= 4 is 11.9 Å². The topological polar surface area (TPSA) is 84.1 Å². The molecule has 0 aliphatic rings. The number of hydrogen-bond acceptors (Lipinski definition) is 6. The molecule has 2 heterocycles. The normalized spacial score (nSPS) is 10.7. The fourth-order valence-electron chi connectivity index (χ4n) is 2.61. The van der Waals surface area contributed by atoms with Crippen molar-refractivity contribution in [1.29, 1.82) is 5.26 Å². The summed E-state index contributed by atoms with van der Waals surface area (Å²) in [6.07, 6.45) is 7.99. The van der Waals surface area contributed by atoms with Crippen molar-refractivity contribution < 1.29 is 4.74 Å². The first-order valence-corrected chi connectivity index (χ1v) is 8.64. The fraction of sp³-hybridized carbons (Fsp3) is 0.190. The lowest BCUT2D eigenvalue weighted by atomic mass is 10.0. The standard InChI is InChI=1S/C21H19N5O/c1-2-24-19-8-4-3-7-17(19)12-20-18(13-22)15-25-21(26-20)27-11-9-16-6-5-10-23-14-16/h2-8,10,14-15H,9,11-12H2,1H3. The van der Waals surface area contributed by atoms with Crippen molar-refractivity contribution in [3.05, 3.63) is 77.4 Å². The predicted octanol–water partition coefficient (Wildman–Crippen LogP) is 3.68. The fourth-order valence-corrected chi connectivity index (χ4v) is 2.61. The Labute approximate surface area is 158 Å². The minimum atomic E-state index is 0.268. The SMILES string of the molecule is CC=Nc1ccccc1Cc1nc(OCCc2cccnc2)ncc1C#N. The summed E-state index contributed by atoms with van der Waals surface area (Å²) in [6, 6.07) is 14.1. The number of hydrogen-bond donors (Lipinski definition) is 0. The molecule has 0 spiro atoms. The van der Waals surface area contributed by atoms with Crippen LogP contribution in [0.3, 0.4) is 0 Å². The second-order valence-electron chi connectivity index (χ2n) is 5.78. The van der Waals surface area contributed by atoms with E-state index in [0.717, 1.165) is 16.8 Å². The average Bonchev–Trinajstić information content (AvgIpc) is 2.71. The highest BCUT2D eigenvalue weighted by Crippen LogP contribution is 2.23. The number of nitriles is 1. The Morgan fingerprint density at radius 2 is 2.07 bits per heavy atom. The summed E-state index contributed by atoms with van der Waals surface area (Å²) in [6.45, 7) is 2.31. The Morgan fingerprint density at radius 3 is 2.85 bits per heavy atom. The molecule has 3 rings (SSSR count). The van der Waals surface area contributed by atoms with E-state index in [1.165, 1.54) is 6.20 Å². The molecule has 0 radical (unpaired) electrons. The molecule has 0 bridgehead atoms. The number of para-hydroxylation sites is 1. The highest BCUT2D eigenvalue weighted by Gasteiger charge is 2.11. The molecule has 6 nitrogen and oxygen atoms in total. The Balaban J connectivity index is 1.75. The van der Waals surface area contributed by atoms with Crippen LogP contribution < -0.4 is 4.74 Å². The summed E-state index contributed by atoms with van der Waals surface area (Å²) in [5, 5.41) is 9.38. The van der Waals surface area contributed by atoms with E-state index in [1.807, 2.05) is 43.3 Å². The van der Waals surface area contributed by atoms with Gasteiger partial charge in [-0.2, -0.15) is 10.2 Å². The molecule has 0 saturated carbocycles. The minimum Gasteiger partial charge on any atom is -0.463 e. The lowest BCUT2D eigenvalue weighted by molar-refractivity contribution is 0.295. The van der Waals surface area contributed by atoms with Crippen molar-refractivity contribution in [2.75, 3.05) is 6.61 Å². The average molecular weight is 357 g/mol. The van der Waals surface area contributed by atoms with Gasteiger partial charge in [-0.3, -0.25) is 9.98 Å². The van der Waals surface area contributed by atoms with Gasteiger partial charge in [0.1, 0.15) is 6.07 Å². The van der Waals surface area contributed by atoms with Gasteiger partial charge >= 0.3 is 6.01 Å². The number of pyridine rings is 1. The Kier molecular flexibility index (Phi) is 6.21. The summed E-state index contributed by atoms with van der Waals surface area (Å²) in [5.41, 5.74) is 4.00. The molecule has 134 valence electrons. The van der Waals surface area contributed by atoms with Crippen LogP contribution >= 0.6 is 0 Å². The van der Waals surface area contributed by atoms with Gasteiger partial charge in [-0.1, -0.05) is 24.3 Å². The van der Waals surface area contributed by atoms with Gasteiger partial charge in [0.15, 0.2) is 0 Å². The Hall–Kier alpha value is -3.59. The van der Waals surface area contributed by atoms with Crippen LogP contribution in [0.4, 0.5) is 5.69 Å². The van der Waals surface area contributed by atoms with E-state index in [1.54, 1.807) is 18.6 Å². The molecular weight excluding hydrogens is 338 g/mol. The van der Waals surface area contributed by atoms with E-state index in [-0.39, 0.29) is 6.01 Å². The van der Waals surface area contributed by atoms with Crippen LogP contribution in [0.15, 0.2) is 60.0 Å². The van der Waals surface area contributed by atoms with E-state index >= 15 is 0 Å². The van der Waals surface area contributed by atoms with Crippen LogP contribution in [0.2, 0.25) is 0 Å². The number of benzene rings is 1. The van der Waals surface area contributed by atoms with Gasteiger partial charge in [0.25, 0.3) is 0 Å². The quantitative estimate of drug-likeness (QED) is 0.602. The molecule has 0 saturated heterocycles. The van der Waals surface area contributed by atoms with E-state index in [9.17, 15) is 5.26 Å². The third-order valence-corrected chi connectivity index (χ3v) is 3.93. The van der Waals surface area contributed by atoms with E-state index in [4.69, 9.17) is 4.74 Å². The van der Waals surface area contributed by atoms with Crippen LogP contribution in [0.1, 0.15) is 29.3 Å². The second-order valence-corrected chi connectivity index (χ2v) is 5.78. The monoisotopic (exact) mass is 357 g/mol. The van der Waals surface area contributed by atoms with Gasteiger partial charge in [0, 0.05) is 31.4 Å². The summed E-state index contributed by atoms with van der Waals surface area (Å²) in [5.74, 6) is 0. The molecule has 0 unspecified atom stereocenters. The molecular formula is C21H19N5O. The molecule has 0 fully saturated rings. The highest BCUT2D eigenvalue weighted by molar-refractivity contribution is 5.62. The third kappa shape index (κ3) is 4.95. The van der Waals surface area contributed by atoms with Crippen molar-refractivity contribution in [3.63, 3.8) is 0 Å². The van der Waals surface area contributed by atoms with Crippen LogP contribution in [0.25, 0.3) is 0 Å². The van der Waals surface area contributed by atoms with Crippen molar-refractivity contribution in [2.45, 2.75) is 19.8 Å². The zero-order valence-electron chi connectivity index (χ0n) is 15.0. The number of rotatable bonds is 7. The van der Waals surface area contributed by atoms with Gasteiger partial charge in [-0.05, 0) is 30.2 Å². The van der Waals surface area contributed by atoms with Gasteiger partial charge in [0.2, 0.25) is 0 Å². The lowest BCUT2D eigenvalue weighted by Crippen LogP contribution is -2.07. The molecule has 0 aliphatic carbocycles. The van der Waals surface area contributed by atoms with Crippen molar-refractivity contribution in [3.8, 4) is 12.1 Å². The molecule has 1 aromatic carbocycles. The number of aromatic nitrogens is 3. The van der Waals surface area contributed by atoms with E-state index in [2.05, 4.69) is 26.0 Å². The highest BCUT2D eigenvalue weighted by atomic mass is 16.5. The first-order valence-electron chi connectivity index (χ1n) is 8.64. The Bertz CT molecular complexity index is 964. The molecule has 27 heavy (non-hydrogen) atoms. The minimum absolute atomic E-state index is 0.268. The zero-order valence-corrected chi connectivity index (χ0v) is 15.0. The number of aliphatic imine (C=N–C) groups is 1. The smallest absolute Gasteiger partial charge is 0.316 e. The number of nitrogens with zero attached hydrogens (tertiary/aromatic N) is 5. The van der Waals surface area contributed by atoms with Crippen LogP contribution in [0, 0.1) is 11.3 Å². The van der Waals surface area contributed by atoms with E-state index < -0.39 is 0 Å². The van der Waals surface area contributed by atoms with Gasteiger partial charge in [-0.15, -0.1) is 0 Å². The molecule has 3 aromatic rings. The summed E-state index contributed by atoms with van der Waals surface area (Å²) < 4.78 is 5.68. The molecule has 0 atom stereocenters. The molecule has 6 heteroatoms. The second kappa shape index (κ2) is 9.20. The van der Waals surface area contributed by atoms with Crippen LogP contribution in [-0.2, 0) is 12.8 Å². The molecule has 0 aliphatic heterocycles.